The van der Waals surface area contributed by atoms with E-state index in [4.69, 9.17) is 0 Å². The van der Waals surface area contributed by atoms with Crippen LogP contribution in [0.1, 0.15) is 45.7 Å². The van der Waals surface area contributed by atoms with Crippen molar-refractivity contribution in [2.75, 3.05) is 6.54 Å². The van der Waals surface area contributed by atoms with E-state index in [0.717, 1.165) is 6.54 Å². The molecule has 0 saturated carbocycles. The molecule has 0 radical (unpaired) electrons. The number of benzene rings is 1. The molecule has 2 heteroatoms. The van der Waals surface area contributed by atoms with Crippen molar-refractivity contribution in [1.82, 2.24) is 5.32 Å². The molecular weight excluding hydrogens is 214 g/mol. The van der Waals surface area contributed by atoms with Crippen LogP contribution in [0.15, 0.2) is 29.2 Å². The third kappa shape index (κ3) is 4.58. The fraction of sp³-hybridized carbons (Fsp3) is 0.571. The number of thioether (sulfide) groups is 1. The summed E-state index contributed by atoms with van der Waals surface area (Å²) >= 11 is 1.92. The van der Waals surface area contributed by atoms with E-state index in [2.05, 4.69) is 57.3 Å². The van der Waals surface area contributed by atoms with Gasteiger partial charge in [-0.3, -0.25) is 0 Å². The highest BCUT2D eigenvalue weighted by atomic mass is 32.2. The van der Waals surface area contributed by atoms with Gasteiger partial charge in [0.15, 0.2) is 0 Å². The highest BCUT2D eigenvalue weighted by Crippen LogP contribution is 2.24. The molecule has 0 aromatic heterocycles. The Balaban J connectivity index is 2.56. The molecule has 1 rings (SSSR count). The van der Waals surface area contributed by atoms with E-state index >= 15 is 0 Å². The van der Waals surface area contributed by atoms with E-state index in [1.165, 1.54) is 16.9 Å². The first-order valence-corrected chi connectivity index (χ1v) is 7.01. The third-order valence-electron chi connectivity index (χ3n) is 2.45. The zero-order chi connectivity index (χ0) is 12.0. The minimum absolute atomic E-state index is 0.457. The number of nitrogens with one attached hydrogen (secondary N) is 1. The van der Waals surface area contributed by atoms with E-state index < -0.39 is 0 Å². The molecule has 0 fully saturated rings. The fourth-order valence-corrected chi connectivity index (χ4v) is 2.42. The Kier molecular flexibility index (Phi) is 5.93. The number of hydrogen-bond donors (Lipinski definition) is 1. The maximum Gasteiger partial charge on any atom is 0.0291 e. The van der Waals surface area contributed by atoms with Gasteiger partial charge in [0, 0.05) is 16.2 Å². The van der Waals surface area contributed by atoms with Gasteiger partial charge in [-0.15, -0.1) is 11.8 Å². The molecule has 0 aliphatic carbocycles. The molecule has 0 spiro atoms. The molecule has 0 aliphatic heterocycles. The Labute approximate surface area is 104 Å². The lowest BCUT2D eigenvalue weighted by molar-refractivity contribution is 0.570. The van der Waals surface area contributed by atoms with Crippen LogP contribution >= 0.6 is 11.8 Å². The van der Waals surface area contributed by atoms with E-state index in [9.17, 15) is 0 Å². The van der Waals surface area contributed by atoms with E-state index in [1.54, 1.807) is 0 Å². The molecular formula is C14H23NS. The van der Waals surface area contributed by atoms with Gasteiger partial charge in [-0.1, -0.05) is 32.9 Å². The molecule has 1 nitrogen and oxygen atoms in total. The highest BCUT2D eigenvalue weighted by Gasteiger charge is 2.04. The van der Waals surface area contributed by atoms with Crippen LogP contribution in [-0.4, -0.2) is 11.8 Å². The normalized spacial score (nSPS) is 13.1. The van der Waals surface area contributed by atoms with Gasteiger partial charge >= 0.3 is 0 Å². The summed E-state index contributed by atoms with van der Waals surface area (Å²) in [4.78, 5) is 1.36. The molecule has 90 valence electrons. The monoisotopic (exact) mass is 237 g/mol. The standard InChI is InChI=1S/C14H23NS/c1-5-10-15-12(4)13-6-8-14(9-7-13)16-11(2)3/h6-9,11-12,15H,5,10H2,1-4H3. The lowest BCUT2D eigenvalue weighted by Gasteiger charge is -2.14. The zero-order valence-corrected chi connectivity index (χ0v) is 11.6. The summed E-state index contributed by atoms with van der Waals surface area (Å²) in [6.45, 7) is 9.96. The van der Waals surface area contributed by atoms with E-state index in [0.29, 0.717) is 11.3 Å². The fourth-order valence-electron chi connectivity index (χ4n) is 1.59. The van der Waals surface area contributed by atoms with Gasteiger partial charge < -0.3 is 5.32 Å². The van der Waals surface area contributed by atoms with Crippen LogP contribution in [-0.2, 0) is 0 Å². The summed E-state index contributed by atoms with van der Waals surface area (Å²) in [5.74, 6) is 0. The average molecular weight is 237 g/mol. The van der Waals surface area contributed by atoms with Gasteiger partial charge in [-0.05, 0) is 37.6 Å². The number of hydrogen-bond acceptors (Lipinski definition) is 2. The molecule has 1 N–H and O–H groups in total. The smallest absolute Gasteiger partial charge is 0.0291 e. The SMILES string of the molecule is CCCNC(C)c1ccc(SC(C)C)cc1. The molecule has 0 aliphatic rings. The van der Waals surface area contributed by atoms with Crippen molar-refractivity contribution >= 4 is 11.8 Å². The first-order chi connectivity index (χ1) is 7.63. The van der Waals surface area contributed by atoms with Gasteiger partial charge in [0.2, 0.25) is 0 Å². The Bertz CT molecular complexity index is 292. The van der Waals surface area contributed by atoms with Crippen LogP contribution in [0, 0.1) is 0 Å². The van der Waals surface area contributed by atoms with Crippen LogP contribution < -0.4 is 5.32 Å². The van der Waals surface area contributed by atoms with E-state index in [1.807, 2.05) is 11.8 Å². The summed E-state index contributed by atoms with van der Waals surface area (Å²) < 4.78 is 0. The first-order valence-electron chi connectivity index (χ1n) is 6.13. The summed E-state index contributed by atoms with van der Waals surface area (Å²) in [5, 5.41) is 4.16. The second-order valence-electron chi connectivity index (χ2n) is 4.41. The predicted molar refractivity (Wildman–Crippen MR) is 74.1 cm³/mol. The molecule has 0 amide bonds. The maximum absolute atomic E-state index is 3.50. The van der Waals surface area contributed by atoms with Crippen LogP contribution in [0.25, 0.3) is 0 Å². The van der Waals surface area contributed by atoms with Crippen molar-refractivity contribution in [3.05, 3.63) is 29.8 Å². The third-order valence-corrected chi connectivity index (χ3v) is 3.47. The van der Waals surface area contributed by atoms with Crippen molar-refractivity contribution in [3.63, 3.8) is 0 Å². The minimum atomic E-state index is 0.457. The molecule has 0 saturated heterocycles. The second kappa shape index (κ2) is 6.97. The summed E-state index contributed by atoms with van der Waals surface area (Å²) in [5.41, 5.74) is 1.38. The summed E-state index contributed by atoms with van der Waals surface area (Å²) in [6.07, 6.45) is 1.19. The van der Waals surface area contributed by atoms with Crippen molar-refractivity contribution in [1.29, 1.82) is 0 Å². The lowest BCUT2D eigenvalue weighted by Crippen LogP contribution is -2.19. The van der Waals surface area contributed by atoms with Crippen LogP contribution in [0.3, 0.4) is 0 Å². The summed E-state index contributed by atoms with van der Waals surface area (Å²) in [7, 11) is 0. The van der Waals surface area contributed by atoms with E-state index in [-0.39, 0.29) is 0 Å². The number of rotatable bonds is 6. The molecule has 1 unspecified atom stereocenters. The van der Waals surface area contributed by atoms with Crippen molar-refractivity contribution < 1.29 is 0 Å². The van der Waals surface area contributed by atoms with Crippen LogP contribution in [0.5, 0.6) is 0 Å². The Morgan fingerprint density at radius 1 is 1.12 bits per heavy atom. The van der Waals surface area contributed by atoms with Crippen molar-refractivity contribution in [2.24, 2.45) is 0 Å². The Morgan fingerprint density at radius 3 is 2.25 bits per heavy atom. The topological polar surface area (TPSA) is 12.0 Å². The summed E-state index contributed by atoms with van der Waals surface area (Å²) in [6, 6.07) is 9.38. The van der Waals surface area contributed by atoms with Crippen LogP contribution in [0.2, 0.25) is 0 Å². The second-order valence-corrected chi connectivity index (χ2v) is 6.06. The Morgan fingerprint density at radius 2 is 1.75 bits per heavy atom. The predicted octanol–water partition coefficient (Wildman–Crippen LogP) is 4.25. The molecule has 16 heavy (non-hydrogen) atoms. The van der Waals surface area contributed by atoms with Gasteiger partial charge in [-0.25, -0.2) is 0 Å². The van der Waals surface area contributed by atoms with Gasteiger partial charge in [0.25, 0.3) is 0 Å². The highest BCUT2D eigenvalue weighted by molar-refractivity contribution is 7.99. The van der Waals surface area contributed by atoms with Gasteiger partial charge in [0.05, 0.1) is 0 Å². The van der Waals surface area contributed by atoms with Gasteiger partial charge in [-0.2, -0.15) is 0 Å². The lowest BCUT2D eigenvalue weighted by atomic mass is 10.1. The quantitative estimate of drug-likeness (QED) is 0.742. The maximum atomic E-state index is 3.50. The molecule has 0 heterocycles. The molecule has 1 aromatic carbocycles. The first kappa shape index (κ1) is 13.6. The molecule has 1 aromatic rings. The van der Waals surface area contributed by atoms with Crippen molar-refractivity contribution in [2.45, 2.75) is 50.3 Å². The van der Waals surface area contributed by atoms with Crippen molar-refractivity contribution in [3.8, 4) is 0 Å². The van der Waals surface area contributed by atoms with Crippen LogP contribution in [0.4, 0.5) is 0 Å². The molecule has 1 atom stereocenters. The minimum Gasteiger partial charge on any atom is -0.310 e. The Hall–Kier alpha value is -0.470. The van der Waals surface area contributed by atoms with Gasteiger partial charge in [0.1, 0.15) is 0 Å². The average Bonchev–Trinajstić information content (AvgIpc) is 2.26. The zero-order valence-electron chi connectivity index (χ0n) is 10.8. The molecule has 0 bridgehead atoms. The largest absolute Gasteiger partial charge is 0.310 e.